The molecule has 2 saturated carbocycles. The largest absolute Gasteiger partial charge is 0.458 e. The van der Waals surface area contributed by atoms with Crippen LogP contribution >= 0.6 is 0 Å². The fourth-order valence-corrected chi connectivity index (χ4v) is 8.18. The number of rotatable bonds is 2. The zero-order valence-corrected chi connectivity index (χ0v) is 20.0. The average Bonchev–Trinajstić information content (AvgIpc) is 3.02. The maximum Gasteiger partial charge on any atom is 0.331 e. The minimum Gasteiger partial charge on any atom is -0.458 e. The molecule has 2 heterocycles. The van der Waals surface area contributed by atoms with E-state index in [1.54, 1.807) is 34.6 Å². The van der Waals surface area contributed by atoms with Gasteiger partial charge in [-0.05, 0) is 38.7 Å². The summed E-state index contributed by atoms with van der Waals surface area (Å²) in [4.78, 5) is 38.5. The van der Waals surface area contributed by atoms with E-state index in [2.05, 4.69) is 0 Å². The van der Waals surface area contributed by atoms with Crippen LogP contribution < -0.4 is 0 Å². The fraction of sp³-hybridized carbons (Fsp3) is 0.720. The number of esters is 2. The van der Waals surface area contributed by atoms with E-state index in [1.807, 2.05) is 0 Å². The minimum absolute atomic E-state index is 0.0150. The molecular weight excluding hydrogens is 444 g/mol. The molecule has 1 spiro atoms. The quantitative estimate of drug-likeness (QED) is 0.387. The molecule has 4 fully saturated rings. The van der Waals surface area contributed by atoms with Gasteiger partial charge in [0.1, 0.15) is 24.4 Å². The Bertz CT molecular complexity index is 1030. The third-order valence-corrected chi connectivity index (χ3v) is 9.22. The normalized spacial score (nSPS) is 51.0. The summed E-state index contributed by atoms with van der Waals surface area (Å²) < 4.78 is 17.8. The zero-order chi connectivity index (χ0) is 25.0. The maximum absolute atomic E-state index is 12.9. The maximum atomic E-state index is 12.9. The van der Waals surface area contributed by atoms with Gasteiger partial charge in [0.2, 0.25) is 0 Å². The van der Waals surface area contributed by atoms with Crippen molar-refractivity contribution in [3.63, 3.8) is 0 Å². The SMILES string of the molecule is CC(C)=CC(=O)O[C@@H]1[C@H]2C(C)=CC(=O)[C@H](O)[C@]2(C)[C@H]2[C@]3(O)OC[C@@]24[C@@H]1OC(=O)C[C@H]4[C@@H](C)[C@H]3O. The second-order valence-electron chi connectivity index (χ2n) is 11.3. The second kappa shape index (κ2) is 7.22. The van der Waals surface area contributed by atoms with E-state index in [1.165, 1.54) is 12.2 Å². The summed E-state index contributed by atoms with van der Waals surface area (Å²) in [6.07, 6.45) is -2.26. The Morgan fingerprint density at radius 3 is 2.59 bits per heavy atom. The molecule has 0 aromatic rings. The molecule has 34 heavy (non-hydrogen) atoms. The van der Waals surface area contributed by atoms with Crippen LogP contribution in [-0.4, -0.2) is 69.9 Å². The molecule has 3 N–H and O–H groups in total. The Balaban J connectivity index is 1.78. The van der Waals surface area contributed by atoms with Crippen molar-refractivity contribution in [1.29, 1.82) is 0 Å². The molecule has 0 radical (unpaired) electrons. The van der Waals surface area contributed by atoms with Crippen LogP contribution in [0.2, 0.25) is 0 Å². The highest BCUT2D eigenvalue weighted by atomic mass is 16.7. The van der Waals surface area contributed by atoms with E-state index in [9.17, 15) is 29.7 Å². The molecule has 5 rings (SSSR count). The molecule has 2 bridgehead atoms. The van der Waals surface area contributed by atoms with Crippen molar-refractivity contribution in [2.75, 3.05) is 6.61 Å². The van der Waals surface area contributed by atoms with Gasteiger partial charge in [-0.25, -0.2) is 4.79 Å². The third kappa shape index (κ3) is 2.67. The van der Waals surface area contributed by atoms with Crippen LogP contribution in [0.4, 0.5) is 0 Å². The van der Waals surface area contributed by atoms with Crippen LogP contribution in [0.15, 0.2) is 23.3 Å². The predicted octanol–water partition coefficient (Wildman–Crippen LogP) is 0.654. The molecule has 0 aromatic heterocycles. The van der Waals surface area contributed by atoms with Gasteiger partial charge in [0, 0.05) is 35.2 Å². The van der Waals surface area contributed by atoms with E-state index in [4.69, 9.17) is 14.2 Å². The monoisotopic (exact) mass is 476 g/mol. The Kier molecular flexibility index (Phi) is 5.03. The van der Waals surface area contributed by atoms with Crippen LogP contribution in [0.1, 0.15) is 41.0 Å². The second-order valence-corrected chi connectivity index (χ2v) is 11.3. The summed E-state index contributed by atoms with van der Waals surface area (Å²) in [5, 5.41) is 34.3. The fourth-order valence-electron chi connectivity index (χ4n) is 8.18. The molecule has 9 heteroatoms. The summed E-state index contributed by atoms with van der Waals surface area (Å²) in [6.45, 7) is 8.55. The van der Waals surface area contributed by atoms with Gasteiger partial charge in [-0.1, -0.05) is 25.0 Å². The molecule has 0 aromatic carbocycles. The number of fused-ring (bicyclic) bond motifs is 1. The predicted molar refractivity (Wildman–Crippen MR) is 116 cm³/mol. The van der Waals surface area contributed by atoms with Crippen molar-refractivity contribution in [3.8, 4) is 0 Å². The van der Waals surface area contributed by atoms with Gasteiger partial charge in [0.05, 0.1) is 6.61 Å². The highest BCUT2D eigenvalue weighted by molar-refractivity contribution is 5.96. The molecular formula is C25H32O9. The number of aliphatic hydroxyl groups is 3. The van der Waals surface area contributed by atoms with Crippen LogP contribution in [0, 0.1) is 34.5 Å². The molecule has 9 nitrogen and oxygen atoms in total. The topological polar surface area (TPSA) is 140 Å². The van der Waals surface area contributed by atoms with Crippen LogP contribution in [0.25, 0.3) is 0 Å². The van der Waals surface area contributed by atoms with Gasteiger partial charge in [0.15, 0.2) is 11.6 Å². The van der Waals surface area contributed by atoms with Crippen molar-refractivity contribution in [3.05, 3.63) is 23.3 Å². The van der Waals surface area contributed by atoms with Crippen molar-refractivity contribution in [2.45, 2.75) is 71.2 Å². The van der Waals surface area contributed by atoms with Crippen molar-refractivity contribution >= 4 is 17.7 Å². The molecule has 5 aliphatic rings. The first kappa shape index (κ1) is 23.7. The average molecular weight is 477 g/mol. The summed E-state index contributed by atoms with van der Waals surface area (Å²) in [7, 11) is 0. The number of hydrogen-bond donors (Lipinski definition) is 3. The van der Waals surface area contributed by atoms with E-state index < -0.39 is 82.4 Å². The van der Waals surface area contributed by atoms with Crippen LogP contribution in [0.5, 0.6) is 0 Å². The number of ether oxygens (including phenoxy) is 3. The molecule has 3 aliphatic carbocycles. The van der Waals surface area contributed by atoms with Crippen molar-refractivity contribution in [2.24, 2.45) is 34.5 Å². The first-order chi connectivity index (χ1) is 15.8. The molecule has 0 unspecified atom stereocenters. The standard InChI is InChI=1S/C25H32O9/c1-10(2)6-15(27)33-18-17-11(3)7-14(26)20(30)23(17,5)22-24-9-32-25(22,31)19(29)12(4)13(24)8-16(28)34-21(18)24/h6-7,12-13,17-22,29-31H,8-9H2,1-5H3/t12-,13+,17-,18-,19-,20+,21-,22-,23-,24-,25-/m1/s1. The third-order valence-electron chi connectivity index (χ3n) is 9.22. The summed E-state index contributed by atoms with van der Waals surface area (Å²) in [6, 6.07) is 0. The number of carbonyl (C=O) groups excluding carboxylic acids is 3. The zero-order valence-electron chi connectivity index (χ0n) is 20.0. The van der Waals surface area contributed by atoms with E-state index in [0.717, 1.165) is 5.57 Å². The van der Waals surface area contributed by atoms with Crippen LogP contribution in [0.3, 0.4) is 0 Å². The number of ketones is 1. The molecule has 2 aliphatic heterocycles. The summed E-state index contributed by atoms with van der Waals surface area (Å²) in [5.41, 5.74) is -1.17. The van der Waals surface area contributed by atoms with Gasteiger partial charge in [0.25, 0.3) is 0 Å². The smallest absolute Gasteiger partial charge is 0.331 e. The molecule has 186 valence electrons. The Morgan fingerprint density at radius 2 is 1.94 bits per heavy atom. The first-order valence-corrected chi connectivity index (χ1v) is 11.8. The summed E-state index contributed by atoms with van der Waals surface area (Å²) in [5.74, 6) is -6.45. The minimum atomic E-state index is -2.07. The van der Waals surface area contributed by atoms with Crippen molar-refractivity contribution in [1.82, 2.24) is 0 Å². The van der Waals surface area contributed by atoms with Gasteiger partial charge in [-0.3, -0.25) is 9.59 Å². The molecule has 2 saturated heterocycles. The van der Waals surface area contributed by atoms with E-state index in [-0.39, 0.29) is 13.0 Å². The Labute approximate surface area is 197 Å². The van der Waals surface area contributed by atoms with Gasteiger partial charge in [-0.15, -0.1) is 0 Å². The Morgan fingerprint density at radius 1 is 1.26 bits per heavy atom. The number of hydrogen-bond acceptors (Lipinski definition) is 9. The Hall–Kier alpha value is -2.07. The first-order valence-electron chi connectivity index (χ1n) is 11.8. The van der Waals surface area contributed by atoms with Gasteiger partial charge in [-0.2, -0.15) is 0 Å². The molecule has 11 atom stereocenters. The highest BCUT2D eigenvalue weighted by Crippen LogP contribution is 2.73. The summed E-state index contributed by atoms with van der Waals surface area (Å²) >= 11 is 0. The lowest BCUT2D eigenvalue weighted by Gasteiger charge is -2.68. The molecule has 0 amide bonds. The lowest BCUT2D eigenvalue weighted by atomic mass is 9.37. The lowest BCUT2D eigenvalue weighted by molar-refractivity contribution is -0.344. The number of aliphatic hydroxyl groups excluding tert-OH is 2. The van der Waals surface area contributed by atoms with Crippen LogP contribution in [-0.2, 0) is 28.6 Å². The number of allylic oxidation sites excluding steroid dienone is 1. The van der Waals surface area contributed by atoms with E-state index in [0.29, 0.717) is 5.57 Å². The van der Waals surface area contributed by atoms with E-state index >= 15 is 0 Å². The number of carbonyl (C=O) groups is 3. The van der Waals surface area contributed by atoms with Crippen molar-refractivity contribution < 1.29 is 43.9 Å². The van der Waals surface area contributed by atoms with Gasteiger partial charge >= 0.3 is 11.9 Å². The highest BCUT2D eigenvalue weighted by Gasteiger charge is 2.84. The lowest BCUT2D eigenvalue weighted by Crippen LogP contribution is -2.79. The van der Waals surface area contributed by atoms with Gasteiger partial charge < -0.3 is 29.5 Å².